The van der Waals surface area contributed by atoms with Crippen LogP contribution in [0.25, 0.3) is 17.8 Å². The Balaban J connectivity index is 0.000000209. The second-order valence-corrected chi connectivity index (χ2v) is 14.3. The number of likely N-dealkylation sites (tertiary alicyclic amines) is 1. The van der Waals surface area contributed by atoms with Crippen molar-refractivity contribution in [2.45, 2.75) is 36.5 Å². The number of imidazole rings is 1. The summed E-state index contributed by atoms with van der Waals surface area (Å²) in [4.78, 5) is 1.82. The summed E-state index contributed by atoms with van der Waals surface area (Å²) in [5.74, 6) is 0.501. The van der Waals surface area contributed by atoms with E-state index in [4.69, 9.17) is 10.3 Å². The summed E-state index contributed by atoms with van der Waals surface area (Å²) in [6.07, 6.45) is 12.5. The third kappa shape index (κ3) is 11.2. The minimum absolute atomic E-state index is 0.0666. The number of aryl methyl sites for hydroxylation is 3. The van der Waals surface area contributed by atoms with E-state index in [0.717, 1.165) is 46.7 Å². The number of aromatic nitrogens is 2. The van der Waals surface area contributed by atoms with Gasteiger partial charge in [-0.15, -0.1) is 5.10 Å². The highest BCUT2D eigenvalue weighted by Gasteiger charge is 2.13. The highest BCUT2D eigenvalue weighted by Crippen LogP contribution is 2.12. The molecule has 262 valence electrons. The van der Waals surface area contributed by atoms with Gasteiger partial charge in [0.15, 0.2) is 5.69 Å². The molecule has 1 aliphatic rings. The van der Waals surface area contributed by atoms with Gasteiger partial charge in [-0.2, -0.15) is 13.5 Å². The Kier molecular flexibility index (Phi) is 12.8. The lowest BCUT2D eigenvalue weighted by molar-refractivity contribution is -0.510. The van der Waals surface area contributed by atoms with E-state index in [-0.39, 0.29) is 9.79 Å². The molecule has 3 heterocycles. The number of benzene rings is 3. The van der Waals surface area contributed by atoms with E-state index in [9.17, 15) is 21.4 Å². The molecule has 1 fully saturated rings. The molecule has 0 amide bonds. The first-order valence-corrected chi connectivity index (χ1v) is 18.5. The van der Waals surface area contributed by atoms with Crippen molar-refractivity contribution in [3.63, 3.8) is 0 Å². The maximum Gasteiger partial charge on any atom is 0.294 e. The summed E-state index contributed by atoms with van der Waals surface area (Å²) in [6, 6.07) is 26.1. The van der Waals surface area contributed by atoms with Crippen LogP contribution in [0, 0.1) is 13.8 Å². The normalized spacial score (nSPS) is 13.7. The molecule has 5 aromatic rings. The van der Waals surface area contributed by atoms with Crippen LogP contribution in [0.2, 0.25) is 0 Å². The van der Waals surface area contributed by atoms with Crippen LogP contribution >= 0.6 is 0 Å². The number of pyridine rings is 1. The first kappa shape index (κ1) is 37.7. The Labute approximate surface area is 293 Å². The molecular formula is C36H40N6O6S2. The second-order valence-electron chi connectivity index (χ2n) is 11.5. The summed E-state index contributed by atoms with van der Waals surface area (Å²) in [6.45, 7) is 5.61. The summed E-state index contributed by atoms with van der Waals surface area (Å²) in [5, 5.41) is 8.22. The zero-order valence-electron chi connectivity index (χ0n) is 28.0. The van der Waals surface area contributed by atoms with Crippen LogP contribution in [-0.2, 0) is 27.3 Å². The lowest BCUT2D eigenvalue weighted by atomic mass is 10.1. The fraction of sp³-hybridized carbons (Fsp3) is 0.194. The van der Waals surface area contributed by atoms with Crippen molar-refractivity contribution < 1.29 is 30.3 Å². The second kappa shape index (κ2) is 17.0. The van der Waals surface area contributed by atoms with Gasteiger partial charge in [-0.3, -0.25) is 4.55 Å². The van der Waals surface area contributed by atoms with Gasteiger partial charge in [-0.25, -0.2) is 17.4 Å². The van der Waals surface area contributed by atoms with Gasteiger partial charge >= 0.3 is 0 Å². The van der Waals surface area contributed by atoms with Crippen molar-refractivity contribution in [1.82, 2.24) is 9.47 Å². The van der Waals surface area contributed by atoms with Crippen molar-refractivity contribution in [3.05, 3.63) is 131 Å². The van der Waals surface area contributed by atoms with Gasteiger partial charge in [0.1, 0.15) is 16.3 Å². The number of rotatable bonds is 6. The monoisotopic (exact) mass is 716 g/mol. The first-order chi connectivity index (χ1) is 23.7. The van der Waals surface area contributed by atoms with Gasteiger partial charge in [-0.1, -0.05) is 71.8 Å². The molecule has 0 atom stereocenters. The molecule has 1 saturated heterocycles. The van der Waals surface area contributed by atoms with Crippen molar-refractivity contribution in [2.75, 3.05) is 13.1 Å². The summed E-state index contributed by atoms with van der Waals surface area (Å²) in [5.41, 5.74) is 12.3. The summed E-state index contributed by atoms with van der Waals surface area (Å²) >= 11 is 0. The Hall–Kier alpha value is -5.15. The van der Waals surface area contributed by atoms with Crippen LogP contribution in [0.1, 0.15) is 40.8 Å². The Morgan fingerprint density at radius 3 is 1.92 bits per heavy atom. The van der Waals surface area contributed by atoms with Crippen LogP contribution < -0.4 is 10.1 Å². The molecule has 0 bridgehead atoms. The SMILES string of the molecule is Cc1ccc(S(=O)(=O)O)cc1.Cc1ccc(S(=O)(=O)[O-])cc1.Cn1c(C=Cc2ccc(C=NN=C(N)N3CCCC3)cc2)c[n+]2ccccc12. The van der Waals surface area contributed by atoms with Crippen molar-refractivity contribution in [2.24, 2.45) is 23.0 Å². The van der Waals surface area contributed by atoms with E-state index in [2.05, 4.69) is 73.9 Å². The molecule has 0 spiro atoms. The van der Waals surface area contributed by atoms with Gasteiger partial charge in [0.25, 0.3) is 15.8 Å². The van der Waals surface area contributed by atoms with Crippen LogP contribution in [-0.4, -0.2) is 60.7 Å². The van der Waals surface area contributed by atoms with E-state index < -0.39 is 20.2 Å². The fourth-order valence-corrected chi connectivity index (χ4v) is 5.76. The third-order valence-corrected chi connectivity index (χ3v) is 9.40. The van der Waals surface area contributed by atoms with E-state index in [0.29, 0.717) is 5.96 Å². The molecule has 3 aromatic carbocycles. The number of fused-ring (bicyclic) bond motifs is 1. The number of hydrogen-bond donors (Lipinski definition) is 2. The Bertz CT molecular complexity index is 2110. The largest absolute Gasteiger partial charge is 0.744 e. The van der Waals surface area contributed by atoms with Crippen LogP contribution in [0.4, 0.5) is 0 Å². The molecule has 12 nitrogen and oxygen atoms in total. The predicted molar refractivity (Wildman–Crippen MR) is 194 cm³/mol. The molecular weight excluding hydrogens is 677 g/mol. The Morgan fingerprint density at radius 2 is 1.38 bits per heavy atom. The predicted octanol–water partition coefficient (Wildman–Crippen LogP) is 4.82. The molecule has 1 aliphatic heterocycles. The molecule has 50 heavy (non-hydrogen) atoms. The molecule has 6 rings (SSSR count). The number of nitrogens with two attached hydrogens (primary N) is 1. The number of nitrogens with zero attached hydrogens (tertiary/aromatic N) is 5. The first-order valence-electron chi connectivity index (χ1n) is 15.6. The van der Waals surface area contributed by atoms with Crippen LogP contribution in [0.15, 0.2) is 123 Å². The zero-order chi connectivity index (χ0) is 36.3. The highest BCUT2D eigenvalue weighted by molar-refractivity contribution is 7.86. The molecule has 0 radical (unpaired) electrons. The summed E-state index contributed by atoms with van der Waals surface area (Å²) < 4.78 is 65.0. The highest BCUT2D eigenvalue weighted by atomic mass is 32.2. The molecule has 3 N–H and O–H groups in total. The van der Waals surface area contributed by atoms with Crippen molar-refractivity contribution >= 4 is 50.2 Å². The number of hydrogen-bond acceptors (Lipinski definition) is 7. The van der Waals surface area contributed by atoms with Gasteiger partial charge < -0.3 is 15.2 Å². The lowest BCUT2D eigenvalue weighted by Gasteiger charge is -2.13. The molecule has 2 aromatic heterocycles. The minimum atomic E-state index is -4.27. The van der Waals surface area contributed by atoms with Gasteiger partial charge in [0.2, 0.25) is 5.96 Å². The maximum absolute atomic E-state index is 10.5. The van der Waals surface area contributed by atoms with E-state index in [1.165, 1.54) is 37.1 Å². The maximum atomic E-state index is 10.5. The van der Waals surface area contributed by atoms with Crippen LogP contribution in [0.3, 0.4) is 0 Å². The molecule has 0 saturated carbocycles. The van der Waals surface area contributed by atoms with Crippen molar-refractivity contribution in [1.29, 1.82) is 0 Å². The minimum Gasteiger partial charge on any atom is -0.744 e. The van der Waals surface area contributed by atoms with E-state index >= 15 is 0 Å². The Morgan fingerprint density at radius 1 is 0.820 bits per heavy atom. The molecule has 14 heteroatoms. The number of guanidine groups is 1. The molecule has 0 unspecified atom stereocenters. The van der Waals surface area contributed by atoms with Crippen molar-refractivity contribution in [3.8, 4) is 0 Å². The smallest absolute Gasteiger partial charge is 0.294 e. The average Bonchev–Trinajstić information content (AvgIpc) is 3.73. The average molecular weight is 717 g/mol. The quantitative estimate of drug-likeness (QED) is 0.0827. The van der Waals surface area contributed by atoms with Gasteiger partial charge in [-0.05, 0) is 74.2 Å². The van der Waals surface area contributed by atoms with E-state index in [1.807, 2.05) is 38.1 Å². The van der Waals surface area contributed by atoms with Gasteiger partial charge in [0.05, 0.1) is 29.3 Å². The fourth-order valence-electron chi connectivity index (χ4n) is 4.81. The molecule has 0 aliphatic carbocycles. The zero-order valence-corrected chi connectivity index (χ0v) is 29.6. The lowest BCUT2D eigenvalue weighted by Crippen LogP contribution is -2.34. The van der Waals surface area contributed by atoms with Gasteiger partial charge in [0, 0.05) is 19.2 Å². The third-order valence-electron chi connectivity index (χ3n) is 7.68. The van der Waals surface area contributed by atoms with Crippen LogP contribution in [0.5, 0.6) is 0 Å². The topological polar surface area (TPSA) is 175 Å². The summed E-state index contributed by atoms with van der Waals surface area (Å²) in [7, 11) is -6.22. The van der Waals surface area contributed by atoms with E-state index in [1.54, 1.807) is 30.5 Å². The standard InChI is InChI=1S/C22H25N6.2C7H8O3S/c1-26-20(17-28-15-3-2-6-21(26)28)12-11-18-7-9-19(10-8-18)16-24-25-22(23)27-13-4-5-14-27;2*1-6-2-4-7(5-3-6)11(8,9)10/h2-3,6-12,15-17H,4-5,13-14H2,1H3,(H2,23,25);2*2-5H,1H3,(H,8,9,10)/q+1;;/p-1.